The van der Waals surface area contributed by atoms with Crippen molar-refractivity contribution in [1.29, 1.82) is 5.41 Å². The lowest BCUT2D eigenvalue weighted by molar-refractivity contribution is -0.165. The van der Waals surface area contributed by atoms with Gasteiger partial charge in [0.15, 0.2) is 5.96 Å². The maximum atomic E-state index is 12.6. The van der Waals surface area contributed by atoms with Gasteiger partial charge in [0.1, 0.15) is 0 Å². The molecule has 0 spiro atoms. The second-order valence-corrected chi connectivity index (χ2v) is 7.85. The molecule has 0 saturated carbocycles. The Morgan fingerprint density at radius 1 is 1.16 bits per heavy atom. The number of carbonyl (C=O) groups is 3. The topological polar surface area (TPSA) is 153 Å². The van der Waals surface area contributed by atoms with Gasteiger partial charge >= 0.3 is 11.9 Å². The van der Waals surface area contributed by atoms with Crippen LogP contribution < -0.4 is 16.4 Å². The molecule has 0 aromatic carbocycles. The smallest absolute Gasteiger partial charge is 0.336 e. The second-order valence-electron chi connectivity index (χ2n) is 7.85. The number of nitrogens with two attached hydrogens (primary N) is 1. The SMILES string of the molecule is CCCCCC(=O)OCOC(=O)C1=C[C@@H](OC(CC)CC)[C@H](NC(C)=O)[C@@H](NC(=N)N)C1. The maximum Gasteiger partial charge on any atom is 0.336 e. The highest BCUT2D eigenvalue weighted by Crippen LogP contribution is 2.25. The van der Waals surface area contributed by atoms with E-state index in [1.54, 1.807) is 6.08 Å². The van der Waals surface area contributed by atoms with Crippen molar-refractivity contribution in [3.63, 3.8) is 0 Å². The first-order valence-corrected chi connectivity index (χ1v) is 11.3. The van der Waals surface area contributed by atoms with E-state index in [0.29, 0.717) is 5.57 Å². The number of esters is 2. The summed E-state index contributed by atoms with van der Waals surface area (Å²) in [5.41, 5.74) is 5.82. The minimum atomic E-state index is -0.652. The Hall–Kier alpha value is -2.62. The number of hydrogen-bond donors (Lipinski definition) is 4. The van der Waals surface area contributed by atoms with Crippen LogP contribution in [0.25, 0.3) is 0 Å². The van der Waals surface area contributed by atoms with Gasteiger partial charge in [0.2, 0.25) is 12.7 Å². The third-order valence-corrected chi connectivity index (χ3v) is 5.22. The van der Waals surface area contributed by atoms with E-state index in [9.17, 15) is 14.4 Å². The van der Waals surface area contributed by atoms with Crippen LogP contribution in [0.2, 0.25) is 0 Å². The summed E-state index contributed by atoms with van der Waals surface area (Å²) in [4.78, 5) is 36.1. The fourth-order valence-corrected chi connectivity index (χ4v) is 3.53. The molecule has 1 amide bonds. The second kappa shape index (κ2) is 14.4. The lowest BCUT2D eigenvalue weighted by atomic mass is 9.87. The van der Waals surface area contributed by atoms with Gasteiger partial charge in [-0.1, -0.05) is 33.6 Å². The number of unbranched alkanes of at least 4 members (excludes halogenated alkanes) is 2. The van der Waals surface area contributed by atoms with E-state index < -0.39 is 36.9 Å². The maximum absolute atomic E-state index is 12.6. The van der Waals surface area contributed by atoms with Crippen molar-refractivity contribution in [2.75, 3.05) is 6.79 Å². The molecule has 0 fully saturated rings. The van der Waals surface area contributed by atoms with E-state index in [1.165, 1.54) is 6.92 Å². The summed E-state index contributed by atoms with van der Waals surface area (Å²) < 4.78 is 16.3. The molecular weight excluding hydrogens is 416 g/mol. The Morgan fingerprint density at radius 2 is 1.84 bits per heavy atom. The van der Waals surface area contributed by atoms with Crippen molar-refractivity contribution in [3.05, 3.63) is 11.6 Å². The van der Waals surface area contributed by atoms with E-state index >= 15 is 0 Å². The molecule has 10 nitrogen and oxygen atoms in total. The lowest BCUT2D eigenvalue weighted by Gasteiger charge is -2.38. The van der Waals surface area contributed by atoms with Crippen LogP contribution in [0.3, 0.4) is 0 Å². The van der Waals surface area contributed by atoms with Gasteiger partial charge in [-0.05, 0) is 25.3 Å². The monoisotopic (exact) mass is 454 g/mol. The quantitative estimate of drug-likeness (QED) is 0.108. The van der Waals surface area contributed by atoms with Crippen LogP contribution in [0.1, 0.15) is 72.6 Å². The Balaban J connectivity index is 2.92. The first-order chi connectivity index (χ1) is 15.2. The molecule has 0 bridgehead atoms. The van der Waals surface area contributed by atoms with Crippen LogP contribution in [0, 0.1) is 5.41 Å². The molecule has 0 heterocycles. The zero-order chi connectivity index (χ0) is 24.1. The van der Waals surface area contributed by atoms with E-state index in [1.807, 2.05) is 20.8 Å². The molecule has 3 atom stereocenters. The largest absolute Gasteiger partial charge is 0.428 e. The Labute approximate surface area is 190 Å². The predicted molar refractivity (Wildman–Crippen MR) is 120 cm³/mol. The number of nitrogens with one attached hydrogen (secondary N) is 3. The number of ether oxygens (including phenoxy) is 3. The molecule has 0 aliphatic heterocycles. The fraction of sp³-hybridized carbons (Fsp3) is 0.727. The molecule has 32 heavy (non-hydrogen) atoms. The van der Waals surface area contributed by atoms with Gasteiger partial charge in [0.05, 0.1) is 24.3 Å². The molecule has 0 aromatic heterocycles. The van der Waals surface area contributed by atoms with Crippen LogP contribution in [0.4, 0.5) is 0 Å². The third-order valence-electron chi connectivity index (χ3n) is 5.22. The molecule has 1 aliphatic carbocycles. The van der Waals surface area contributed by atoms with Crippen molar-refractivity contribution in [2.45, 2.75) is 96.9 Å². The summed E-state index contributed by atoms with van der Waals surface area (Å²) in [6.07, 6.45) is 5.51. The van der Waals surface area contributed by atoms with Crippen molar-refractivity contribution in [2.24, 2.45) is 5.73 Å². The van der Waals surface area contributed by atoms with E-state index in [4.69, 9.17) is 25.4 Å². The molecule has 10 heteroatoms. The van der Waals surface area contributed by atoms with Gasteiger partial charge in [-0.3, -0.25) is 15.0 Å². The van der Waals surface area contributed by atoms with Gasteiger partial charge in [0.25, 0.3) is 0 Å². The van der Waals surface area contributed by atoms with Crippen molar-refractivity contribution >= 4 is 23.8 Å². The molecule has 0 radical (unpaired) electrons. The first-order valence-electron chi connectivity index (χ1n) is 11.3. The van der Waals surface area contributed by atoms with Gasteiger partial charge in [-0.2, -0.15) is 0 Å². The van der Waals surface area contributed by atoms with Gasteiger partial charge in [-0.25, -0.2) is 4.79 Å². The molecule has 0 unspecified atom stereocenters. The predicted octanol–water partition coefficient (Wildman–Crippen LogP) is 1.87. The van der Waals surface area contributed by atoms with Gasteiger partial charge in [-0.15, -0.1) is 0 Å². The van der Waals surface area contributed by atoms with E-state index in [2.05, 4.69) is 10.6 Å². The minimum absolute atomic E-state index is 0.0788. The summed E-state index contributed by atoms with van der Waals surface area (Å²) in [5.74, 6) is -1.62. The zero-order valence-electron chi connectivity index (χ0n) is 19.6. The normalized spacial score (nSPS) is 20.3. The fourth-order valence-electron chi connectivity index (χ4n) is 3.53. The average Bonchev–Trinajstić information content (AvgIpc) is 2.73. The number of guanidine groups is 1. The van der Waals surface area contributed by atoms with Gasteiger partial charge in [0, 0.05) is 25.3 Å². The lowest BCUT2D eigenvalue weighted by Crippen LogP contribution is -2.60. The highest BCUT2D eigenvalue weighted by Gasteiger charge is 2.38. The summed E-state index contributed by atoms with van der Waals surface area (Å²) in [7, 11) is 0. The third kappa shape index (κ3) is 9.67. The number of hydrogen-bond acceptors (Lipinski definition) is 7. The van der Waals surface area contributed by atoms with Crippen LogP contribution >= 0.6 is 0 Å². The molecule has 182 valence electrons. The average molecular weight is 455 g/mol. The Kier molecular flexibility index (Phi) is 12.4. The number of carbonyl (C=O) groups excluding carboxylic acids is 3. The van der Waals surface area contributed by atoms with Crippen LogP contribution in [-0.4, -0.2) is 54.9 Å². The Bertz CT molecular complexity index is 677. The molecule has 1 rings (SSSR count). The Morgan fingerprint density at radius 3 is 2.41 bits per heavy atom. The van der Waals surface area contributed by atoms with Crippen molar-refractivity contribution < 1.29 is 28.6 Å². The highest BCUT2D eigenvalue weighted by molar-refractivity contribution is 5.89. The van der Waals surface area contributed by atoms with E-state index in [-0.39, 0.29) is 30.8 Å². The zero-order valence-corrected chi connectivity index (χ0v) is 19.6. The van der Waals surface area contributed by atoms with Crippen LogP contribution in [0.5, 0.6) is 0 Å². The summed E-state index contributed by atoms with van der Waals surface area (Å²) in [6.45, 7) is 6.93. The molecule has 1 aliphatic rings. The molecular formula is C22H38N4O6. The van der Waals surface area contributed by atoms with Crippen LogP contribution in [-0.2, 0) is 28.6 Å². The van der Waals surface area contributed by atoms with Gasteiger partial charge < -0.3 is 30.6 Å². The summed E-state index contributed by atoms with van der Waals surface area (Å²) in [6, 6.07) is -1.09. The van der Waals surface area contributed by atoms with Crippen LogP contribution in [0.15, 0.2) is 11.6 Å². The molecule has 0 aromatic rings. The minimum Gasteiger partial charge on any atom is -0.428 e. The number of amides is 1. The highest BCUT2D eigenvalue weighted by atomic mass is 16.7. The molecule has 0 saturated heterocycles. The number of rotatable bonds is 13. The van der Waals surface area contributed by atoms with Crippen molar-refractivity contribution in [1.82, 2.24) is 10.6 Å². The summed E-state index contributed by atoms with van der Waals surface area (Å²) in [5, 5.41) is 13.2. The van der Waals surface area contributed by atoms with Crippen molar-refractivity contribution in [3.8, 4) is 0 Å². The van der Waals surface area contributed by atoms with E-state index in [0.717, 1.165) is 32.1 Å². The molecule has 5 N–H and O–H groups in total. The summed E-state index contributed by atoms with van der Waals surface area (Å²) >= 11 is 0. The first kappa shape index (κ1) is 27.4. The standard InChI is InChI=1S/C22H38N4O6/c1-5-8-9-10-19(28)30-13-31-21(29)15-11-17(26-22(23)24)20(25-14(4)27)18(12-15)32-16(6-2)7-3/h12,16-18,20H,5-11,13H2,1-4H3,(H,25,27)(H4,23,24,26)/t17-,18+,20+/m0/s1.